The SMILES string of the molecule is O=C(NCC1CCNCC1)c1ccoc1. The molecule has 0 atom stereocenters. The van der Waals surface area contributed by atoms with Crippen LogP contribution in [0.15, 0.2) is 23.0 Å². The largest absolute Gasteiger partial charge is 0.472 e. The molecule has 1 saturated heterocycles. The lowest BCUT2D eigenvalue weighted by Gasteiger charge is -2.22. The zero-order valence-electron chi connectivity index (χ0n) is 8.66. The van der Waals surface area contributed by atoms with Gasteiger partial charge in [0, 0.05) is 6.54 Å². The lowest BCUT2D eigenvalue weighted by atomic mass is 9.98. The normalized spacial score (nSPS) is 17.6. The molecule has 15 heavy (non-hydrogen) atoms. The second kappa shape index (κ2) is 4.98. The van der Waals surface area contributed by atoms with E-state index in [1.165, 1.54) is 12.5 Å². The quantitative estimate of drug-likeness (QED) is 0.779. The first-order valence-corrected chi connectivity index (χ1v) is 5.37. The van der Waals surface area contributed by atoms with Gasteiger partial charge in [0.1, 0.15) is 6.26 Å². The molecular formula is C11H16N2O2. The average molecular weight is 208 g/mol. The Morgan fingerprint density at radius 2 is 2.33 bits per heavy atom. The van der Waals surface area contributed by atoms with Crippen LogP contribution in [-0.4, -0.2) is 25.5 Å². The summed E-state index contributed by atoms with van der Waals surface area (Å²) in [6.07, 6.45) is 5.27. The van der Waals surface area contributed by atoms with Crippen LogP contribution in [0, 0.1) is 5.92 Å². The minimum absolute atomic E-state index is 0.0396. The number of carbonyl (C=O) groups is 1. The van der Waals surface area contributed by atoms with Gasteiger partial charge in [-0.2, -0.15) is 0 Å². The molecule has 2 rings (SSSR count). The molecule has 0 aromatic carbocycles. The van der Waals surface area contributed by atoms with E-state index in [1.807, 2.05) is 0 Å². The van der Waals surface area contributed by atoms with Crippen LogP contribution in [0.25, 0.3) is 0 Å². The molecule has 2 heterocycles. The van der Waals surface area contributed by atoms with Crippen molar-refractivity contribution in [2.24, 2.45) is 5.92 Å². The Morgan fingerprint density at radius 1 is 1.53 bits per heavy atom. The fraction of sp³-hybridized carbons (Fsp3) is 0.545. The summed E-state index contributed by atoms with van der Waals surface area (Å²) < 4.78 is 4.86. The number of amides is 1. The fourth-order valence-electron chi connectivity index (χ4n) is 1.82. The van der Waals surface area contributed by atoms with Crippen LogP contribution in [0.4, 0.5) is 0 Å². The van der Waals surface area contributed by atoms with Crippen molar-refractivity contribution in [3.8, 4) is 0 Å². The van der Waals surface area contributed by atoms with Gasteiger partial charge in [-0.15, -0.1) is 0 Å². The van der Waals surface area contributed by atoms with E-state index < -0.39 is 0 Å². The van der Waals surface area contributed by atoms with Crippen LogP contribution < -0.4 is 10.6 Å². The molecule has 0 radical (unpaired) electrons. The molecule has 1 aromatic heterocycles. The van der Waals surface area contributed by atoms with E-state index >= 15 is 0 Å². The van der Waals surface area contributed by atoms with Crippen molar-refractivity contribution in [3.63, 3.8) is 0 Å². The minimum Gasteiger partial charge on any atom is -0.472 e. The molecule has 1 amide bonds. The topological polar surface area (TPSA) is 54.3 Å². The van der Waals surface area contributed by atoms with Crippen molar-refractivity contribution in [1.82, 2.24) is 10.6 Å². The van der Waals surface area contributed by atoms with Crippen molar-refractivity contribution in [3.05, 3.63) is 24.2 Å². The zero-order chi connectivity index (χ0) is 10.5. The minimum atomic E-state index is -0.0396. The number of hydrogen-bond acceptors (Lipinski definition) is 3. The van der Waals surface area contributed by atoms with Gasteiger partial charge in [-0.05, 0) is 37.9 Å². The summed E-state index contributed by atoms with van der Waals surface area (Å²) in [6, 6.07) is 1.68. The number of carbonyl (C=O) groups excluding carboxylic acids is 1. The van der Waals surface area contributed by atoms with Crippen molar-refractivity contribution in [2.75, 3.05) is 19.6 Å². The summed E-state index contributed by atoms with van der Waals surface area (Å²) in [6.45, 7) is 2.89. The molecule has 2 N–H and O–H groups in total. The molecular weight excluding hydrogens is 192 g/mol. The number of furan rings is 1. The summed E-state index contributed by atoms with van der Waals surface area (Å²) in [4.78, 5) is 11.6. The van der Waals surface area contributed by atoms with Crippen LogP contribution in [-0.2, 0) is 0 Å². The van der Waals surface area contributed by atoms with Crippen molar-refractivity contribution >= 4 is 5.91 Å². The third-order valence-corrected chi connectivity index (χ3v) is 2.79. The molecule has 0 unspecified atom stereocenters. The highest BCUT2D eigenvalue weighted by Crippen LogP contribution is 2.10. The summed E-state index contributed by atoms with van der Waals surface area (Å²) in [5.41, 5.74) is 0.601. The van der Waals surface area contributed by atoms with Gasteiger partial charge in [0.2, 0.25) is 0 Å². The molecule has 1 aromatic rings. The Bertz CT molecular complexity index is 302. The molecule has 0 aliphatic carbocycles. The van der Waals surface area contributed by atoms with E-state index in [4.69, 9.17) is 4.42 Å². The number of hydrogen-bond donors (Lipinski definition) is 2. The monoisotopic (exact) mass is 208 g/mol. The number of rotatable bonds is 3. The highest BCUT2D eigenvalue weighted by molar-refractivity contribution is 5.93. The molecule has 0 saturated carbocycles. The van der Waals surface area contributed by atoms with Crippen LogP contribution >= 0.6 is 0 Å². The van der Waals surface area contributed by atoms with E-state index in [-0.39, 0.29) is 5.91 Å². The third-order valence-electron chi connectivity index (χ3n) is 2.79. The van der Waals surface area contributed by atoms with Gasteiger partial charge >= 0.3 is 0 Å². The molecule has 4 heteroatoms. The summed E-state index contributed by atoms with van der Waals surface area (Å²) in [7, 11) is 0. The predicted octanol–water partition coefficient (Wildman–Crippen LogP) is 1.01. The Hall–Kier alpha value is -1.29. The molecule has 1 aliphatic heterocycles. The first-order valence-electron chi connectivity index (χ1n) is 5.37. The average Bonchev–Trinajstić information content (AvgIpc) is 2.81. The van der Waals surface area contributed by atoms with Crippen LogP contribution in [0.5, 0.6) is 0 Å². The standard InChI is InChI=1S/C11H16N2O2/c14-11(10-3-6-15-8-10)13-7-9-1-4-12-5-2-9/h3,6,8-9,12H,1-2,4-5,7H2,(H,13,14). The van der Waals surface area contributed by atoms with E-state index in [9.17, 15) is 4.79 Å². The predicted molar refractivity (Wildman–Crippen MR) is 56.6 cm³/mol. The van der Waals surface area contributed by atoms with Gasteiger partial charge in [0.25, 0.3) is 5.91 Å². The molecule has 1 fully saturated rings. The lowest BCUT2D eigenvalue weighted by molar-refractivity contribution is 0.0943. The van der Waals surface area contributed by atoms with E-state index in [2.05, 4.69) is 10.6 Å². The van der Waals surface area contributed by atoms with Gasteiger partial charge < -0.3 is 15.1 Å². The highest BCUT2D eigenvalue weighted by Gasteiger charge is 2.14. The van der Waals surface area contributed by atoms with Gasteiger partial charge in [0.15, 0.2) is 0 Å². The fourth-order valence-corrected chi connectivity index (χ4v) is 1.82. The smallest absolute Gasteiger partial charge is 0.254 e. The Balaban J connectivity index is 1.75. The number of nitrogens with one attached hydrogen (secondary N) is 2. The van der Waals surface area contributed by atoms with Crippen molar-refractivity contribution < 1.29 is 9.21 Å². The first-order chi connectivity index (χ1) is 7.36. The summed E-state index contributed by atoms with van der Waals surface area (Å²) in [5, 5.41) is 6.23. The highest BCUT2D eigenvalue weighted by atomic mass is 16.3. The molecule has 4 nitrogen and oxygen atoms in total. The van der Waals surface area contributed by atoms with E-state index in [0.717, 1.165) is 32.5 Å². The third kappa shape index (κ3) is 2.83. The molecule has 1 aliphatic rings. The van der Waals surface area contributed by atoms with Gasteiger partial charge in [-0.25, -0.2) is 0 Å². The second-order valence-corrected chi connectivity index (χ2v) is 3.92. The van der Waals surface area contributed by atoms with E-state index in [0.29, 0.717) is 11.5 Å². The lowest BCUT2D eigenvalue weighted by Crippen LogP contribution is -2.35. The Morgan fingerprint density at radius 3 is 3.00 bits per heavy atom. The maximum Gasteiger partial charge on any atom is 0.254 e. The van der Waals surface area contributed by atoms with Crippen LogP contribution in [0.2, 0.25) is 0 Å². The molecule has 0 spiro atoms. The Labute approximate surface area is 89.0 Å². The van der Waals surface area contributed by atoms with Crippen molar-refractivity contribution in [2.45, 2.75) is 12.8 Å². The Kier molecular flexibility index (Phi) is 3.40. The van der Waals surface area contributed by atoms with Gasteiger partial charge in [0.05, 0.1) is 11.8 Å². The van der Waals surface area contributed by atoms with E-state index in [1.54, 1.807) is 6.07 Å². The summed E-state index contributed by atoms with van der Waals surface area (Å²) in [5.74, 6) is 0.574. The maximum atomic E-state index is 11.6. The molecule has 0 bridgehead atoms. The second-order valence-electron chi connectivity index (χ2n) is 3.92. The van der Waals surface area contributed by atoms with Crippen LogP contribution in [0.3, 0.4) is 0 Å². The first kappa shape index (κ1) is 10.2. The summed E-state index contributed by atoms with van der Waals surface area (Å²) >= 11 is 0. The maximum absolute atomic E-state index is 11.6. The van der Waals surface area contributed by atoms with Crippen LogP contribution in [0.1, 0.15) is 23.2 Å². The van der Waals surface area contributed by atoms with Crippen molar-refractivity contribution in [1.29, 1.82) is 0 Å². The zero-order valence-corrected chi connectivity index (χ0v) is 8.66. The number of piperidine rings is 1. The molecule has 82 valence electrons. The van der Waals surface area contributed by atoms with Gasteiger partial charge in [-0.3, -0.25) is 4.79 Å². The van der Waals surface area contributed by atoms with Gasteiger partial charge in [-0.1, -0.05) is 0 Å².